The van der Waals surface area contributed by atoms with Crippen LogP contribution in [0.5, 0.6) is 5.75 Å². The number of aryl methyl sites for hydroxylation is 2. The topological polar surface area (TPSA) is 75.6 Å². The molecule has 2 N–H and O–H groups in total. The molecule has 0 spiro atoms. The maximum absolute atomic E-state index is 12.4. The molecule has 5 heteroatoms. The molecule has 0 saturated carbocycles. The minimum Gasteiger partial charge on any atom is -0.506 e. The summed E-state index contributed by atoms with van der Waals surface area (Å²) in [5, 5.41) is 14.5. The molecule has 0 fully saturated rings. The average Bonchev–Trinajstić information content (AvgIpc) is 2.64. The third kappa shape index (κ3) is 3.92. The van der Waals surface area contributed by atoms with Gasteiger partial charge in [-0.15, -0.1) is 0 Å². The largest absolute Gasteiger partial charge is 0.506 e. The van der Waals surface area contributed by atoms with Crippen molar-refractivity contribution in [2.75, 3.05) is 5.32 Å². The lowest BCUT2D eigenvalue weighted by Gasteiger charge is -2.15. The number of carbonyl (C=O) groups is 2. The highest BCUT2D eigenvalue weighted by Crippen LogP contribution is 2.29. The van der Waals surface area contributed by atoms with E-state index in [4.69, 9.17) is 4.74 Å². The number of esters is 1. The van der Waals surface area contributed by atoms with Crippen LogP contribution in [0.1, 0.15) is 28.4 Å². The molecule has 0 unspecified atom stereocenters. The van der Waals surface area contributed by atoms with Crippen LogP contribution >= 0.6 is 0 Å². The van der Waals surface area contributed by atoms with E-state index in [2.05, 4.69) is 5.32 Å². The molecule has 5 nitrogen and oxygen atoms in total. The van der Waals surface area contributed by atoms with E-state index in [1.165, 1.54) is 13.0 Å². The molecule has 3 aromatic rings. The van der Waals surface area contributed by atoms with Gasteiger partial charge >= 0.3 is 5.97 Å². The van der Waals surface area contributed by atoms with Crippen molar-refractivity contribution in [3.8, 4) is 5.75 Å². The minimum atomic E-state index is -1.01. The summed E-state index contributed by atoms with van der Waals surface area (Å²) in [5.41, 5.74) is 2.72. The van der Waals surface area contributed by atoms with Gasteiger partial charge < -0.3 is 15.2 Å². The van der Waals surface area contributed by atoms with Gasteiger partial charge in [-0.25, -0.2) is 4.79 Å². The van der Waals surface area contributed by atoms with Crippen molar-refractivity contribution in [2.45, 2.75) is 26.9 Å². The van der Waals surface area contributed by atoms with Gasteiger partial charge in [0.2, 0.25) is 0 Å². The summed E-state index contributed by atoms with van der Waals surface area (Å²) in [5.74, 6) is -1.34. The number of fused-ring (bicyclic) bond motifs is 1. The van der Waals surface area contributed by atoms with E-state index in [0.717, 1.165) is 16.5 Å². The van der Waals surface area contributed by atoms with Gasteiger partial charge in [-0.3, -0.25) is 4.79 Å². The number of ether oxygens (including phenoxy) is 1. The summed E-state index contributed by atoms with van der Waals surface area (Å²) in [6.45, 7) is 5.36. The molecule has 3 rings (SSSR count). The fourth-order valence-corrected chi connectivity index (χ4v) is 2.89. The molecule has 0 aromatic heterocycles. The van der Waals surface area contributed by atoms with Gasteiger partial charge in [0.25, 0.3) is 5.91 Å². The lowest BCUT2D eigenvalue weighted by atomic mass is 10.1. The molecular formula is C22H21NO4. The van der Waals surface area contributed by atoms with Crippen molar-refractivity contribution >= 4 is 28.3 Å². The first-order chi connectivity index (χ1) is 12.9. The number of nitrogens with one attached hydrogen (secondary N) is 1. The van der Waals surface area contributed by atoms with E-state index >= 15 is 0 Å². The third-order valence-electron chi connectivity index (χ3n) is 4.41. The summed E-state index contributed by atoms with van der Waals surface area (Å²) in [4.78, 5) is 24.8. The number of anilines is 1. The minimum absolute atomic E-state index is 0.0277. The zero-order valence-electron chi connectivity index (χ0n) is 15.4. The molecule has 0 radical (unpaired) electrons. The Morgan fingerprint density at radius 1 is 1.04 bits per heavy atom. The smallest absolute Gasteiger partial charge is 0.342 e. The van der Waals surface area contributed by atoms with Gasteiger partial charge in [0, 0.05) is 11.1 Å². The third-order valence-corrected chi connectivity index (χ3v) is 4.41. The first kappa shape index (κ1) is 18.5. The Kier molecular flexibility index (Phi) is 5.12. The van der Waals surface area contributed by atoms with Crippen LogP contribution in [0.2, 0.25) is 0 Å². The summed E-state index contributed by atoms with van der Waals surface area (Å²) in [6.07, 6.45) is -1.01. The molecule has 27 heavy (non-hydrogen) atoms. The Morgan fingerprint density at radius 3 is 2.52 bits per heavy atom. The highest BCUT2D eigenvalue weighted by molar-refractivity contribution is 6.03. The van der Waals surface area contributed by atoms with E-state index in [9.17, 15) is 14.7 Å². The van der Waals surface area contributed by atoms with Crippen LogP contribution in [-0.2, 0) is 9.53 Å². The fourth-order valence-electron chi connectivity index (χ4n) is 2.89. The van der Waals surface area contributed by atoms with Crippen molar-refractivity contribution in [1.29, 1.82) is 0 Å². The quantitative estimate of drug-likeness (QED) is 0.676. The SMILES string of the molecule is Cc1ccc(NC(=O)[C@H](C)OC(=O)c2ccc3ccccc3c2O)c(C)c1. The number of hydrogen-bond donors (Lipinski definition) is 2. The second-order valence-electron chi connectivity index (χ2n) is 6.54. The van der Waals surface area contributed by atoms with Crippen molar-refractivity contribution in [3.05, 3.63) is 71.3 Å². The summed E-state index contributed by atoms with van der Waals surface area (Å²) in [6, 6.07) is 16.1. The molecule has 0 aliphatic rings. The fraction of sp³-hybridized carbons (Fsp3) is 0.182. The summed E-state index contributed by atoms with van der Waals surface area (Å²) in [7, 11) is 0. The van der Waals surface area contributed by atoms with Gasteiger partial charge in [0.15, 0.2) is 6.10 Å². The highest BCUT2D eigenvalue weighted by atomic mass is 16.5. The Labute approximate surface area is 157 Å². The zero-order valence-corrected chi connectivity index (χ0v) is 15.4. The van der Waals surface area contributed by atoms with Gasteiger partial charge in [0.1, 0.15) is 11.3 Å². The van der Waals surface area contributed by atoms with E-state index in [-0.39, 0.29) is 11.3 Å². The first-order valence-electron chi connectivity index (χ1n) is 8.66. The molecule has 0 aliphatic heterocycles. The molecule has 3 aromatic carbocycles. The average molecular weight is 363 g/mol. The lowest BCUT2D eigenvalue weighted by molar-refractivity contribution is -0.123. The zero-order chi connectivity index (χ0) is 19.6. The molecule has 0 saturated heterocycles. The van der Waals surface area contributed by atoms with Gasteiger partial charge in [-0.2, -0.15) is 0 Å². The van der Waals surface area contributed by atoms with Crippen molar-refractivity contribution in [3.63, 3.8) is 0 Å². The predicted molar refractivity (Wildman–Crippen MR) is 105 cm³/mol. The summed E-state index contributed by atoms with van der Waals surface area (Å²) >= 11 is 0. The maximum Gasteiger partial charge on any atom is 0.342 e. The molecule has 0 aliphatic carbocycles. The van der Waals surface area contributed by atoms with Crippen LogP contribution in [0.15, 0.2) is 54.6 Å². The van der Waals surface area contributed by atoms with Crippen LogP contribution in [0.25, 0.3) is 10.8 Å². The number of benzene rings is 3. The Morgan fingerprint density at radius 2 is 1.78 bits per heavy atom. The number of phenolic OH excluding ortho intramolecular Hbond substituents is 1. The summed E-state index contributed by atoms with van der Waals surface area (Å²) < 4.78 is 5.25. The second kappa shape index (κ2) is 7.50. The normalized spacial score (nSPS) is 11.8. The first-order valence-corrected chi connectivity index (χ1v) is 8.66. The number of phenols is 1. The van der Waals surface area contributed by atoms with Crippen LogP contribution in [0, 0.1) is 13.8 Å². The molecule has 1 amide bonds. The monoisotopic (exact) mass is 363 g/mol. The van der Waals surface area contributed by atoms with Crippen LogP contribution < -0.4 is 5.32 Å². The van der Waals surface area contributed by atoms with Gasteiger partial charge in [-0.05, 0) is 43.9 Å². The van der Waals surface area contributed by atoms with E-state index in [1.54, 1.807) is 18.2 Å². The van der Waals surface area contributed by atoms with Crippen LogP contribution in [-0.4, -0.2) is 23.1 Å². The number of aromatic hydroxyl groups is 1. The van der Waals surface area contributed by atoms with Crippen LogP contribution in [0.3, 0.4) is 0 Å². The van der Waals surface area contributed by atoms with Crippen molar-refractivity contribution in [2.24, 2.45) is 0 Å². The predicted octanol–water partition coefficient (Wildman–Crippen LogP) is 4.35. The second-order valence-corrected chi connectivity index (χ2v) is 6.54. The van der Waals surface area contributed by atoms with Crippen molar-refractivity contribution < 1.29 is 19.4 Å². The Bertz CT molecular complexity index is 1030. The van der Waals surface area contributed by atoms with Crippen LogP contribution in [0.4, 0.5) is 5.69 Å². The number of rotatable bonds is 4. The maximum atomic E-state index is 12.4. The lowest BCUT2D eigenvalue weighted by Crippen LogP contribution is -2.30. The molecule has 1 atom stereocenters. The molecular weight excluding hydrogens is 342 g/mol. The van der Waals surface area contributed by atoms with Gasteiger partial charge in [0.05, 0.1) is 0 Å². The number of carbonyl (C=O) groups excluding carboxylic acids is 2. The molecule has 0 heterocycles. The van der Waals surface area contributed by atoms with E-state index < -0.39 is 18.0 Å². The number of hydrogen-bond acceptors (Lipinski definition) is 4. The van der Waals surface area contributed by atoms with Gasteiger partial charge in [-0.1, -0.05) is 48.0 Å². The Balaban J connectivity index is 1.73. The Hall–Kier alpha value is -3.34. The highest BCUT2D eigenvalue weighted by Gasteiger charge is 2.22. The van der Waals surface area contributed by atoms with E-state index in [0.29, 0.717) is 11.1 Å². The van der Waals surface area contributed by atoms with Crippen molar-refractivity contribution in [1.82, 2.24) is 0 Å². The number of amides is 1. The van der Waals surface area contributed by atoms with E-state index in [1.807, 2.05) is 44.2 Å². The standard InChI is InChI=1S/C22H21NO4/c1-13-8-11-19(14(2)12-13)23-21(25)15(3)27-22(26)18-10-9-16-6-4-5-7-17(16)20(18)24/h4-12,15,24H,1-3H3,(H,23,25)/t15-/m0/s1. The molecule has 138 valence electrons. The molecule has 0 bridgehead atoms.